The van der Waals surface area contributed by atoms with Crippen molar-refractivity contribution in [2.24, 2.45) is 5.73 Å². The molecule has 0 amide bonds. The summed E-state index contributed by atoms with van der Waals surface area (Å²) in [6, 6.07) is 3.49. The lowest BCUT2D eigenvalue weighted by Crippen LogP contribution is -2.42. The Kier molecular flexibility index (Phi) is 5.33. The van der Waals surface area contributed by atoms with E-state index in [9.17, 15) is 8.42 Å². The second-order valence-electron chi connectivity index (χ2n) is 5.00. The minimum Gasteiger partial charge on any atom is -0.330 e. The monoisotopic (exact) mass is 290 g/mol. The van der Waals surface area contributed by atoms with Gasteiger partial charge in [0.1, 0.15) is 4.21 Å². The molecule has 6 heteroatoms. The van der Waals surface area contributed by atoms with Gasteiger partial charge < -0.3 is 5.73 Å². The predicted octanol–water partition coefficient (Wildman–Crippen LogP) is 2.11. The molecular formula is C12H22N2O2S2. The van der Waals surface area contributed by atoms with Crippen LogP contribution in [0.4, 0.5) is 0 Å². The number of nitrogens with two attached hydrogens (primary N) is 1. The lowest BCUT2D eigenvalue weighted by Gasteiger charge is -2.24. The molecule has 0 radical (unpaired) electrons. The Morgan fingerprint density at radius 3 is 2.61 bits per heavy atom. The van der Waals surface area contributed by atoms with Gasteiger partial charge in [-0.25, -0.2) is 13.1 Å². The van der Waals surface area contributed by atoms with Gasteiger partial charge in [-0.1, -0.05) is 13.3 Å². The van der Waals surface area contributed by atoms with Gasteiger partial charge in [-0.2, -0.15) is 0 Å². The molecule has 1 aromatic rings. The molecule has 1 rings (SSSR count). The van der Waals surface area contributed by atoms with E-state index in [1.54, 1.807) is 6.07 Å². The van der Waals surface area contributed by atoms with Crippen LogP contribution in [0.5, 0.6) is 0 Å². The van der Waals surface area contributed by atoms with Gasteiger partial charge in [0.05, 0.1) is 0 Å². The van der Waals surface area contributed by atoms with Crippen molar-refractivity contribution >= 4 is 21.4 Å². The average Bonchev–Trinajstić information content (AvgIpc) is 2.65. The fourth-order valence-electron chi connectivity index (χ4n) is 1.87. The highest BCUT2D eigenvalue weighted by atomic mass is 32.2. The number of nitrogens with one attached hydrogen (secondary N) is 1. The van der Waals surface area contributed by atoms with Crippen molar-refractivity contribution in [2.45, 2.75) is 49.8 Å². The second-order valence-corrected chi connectivity index (χ2v) is 8.08. The third kappa shape index (κ3) is 4.35. The first-order valence-electron chi connectivity index (χ1n) is 6.13. The SMILES string of the molecule is CCCC(C)(C)NS(=O)(=O)c1ccc(CCN)s1. The number of thiophene rings is 1. The van der Waals surface area contributed by atoms with Gasteiger partial charge >= 0.3 is 0 Å². The number of hydrogen-bond donors (Lipinski definition) is 2. The van der Waals surface area contributed by atoms with E-state index in [0.717, 1.165) is 24.1 Å². The van der Waals surface area contributed by atoms with E-state index in [4.69, 9.17) is 5.73 Å². The van der Waals surface area contributed by atoms with Crippen molar-refractivity contribution < 1.29 is 8.42 Å². The van der Waals surface area contributed by atoms with Crippen LogP contribution in [0.3, 0.4) is 0 Å². The summed E-state index contributed by atoms with van der Waals surface area (Å²) in [4.78, 5) is 1.01. The summed E-state index contributed by atoms with van der Waals surface area (Å²) in [6.07, 6.45) is 2.48. The average molecular weight is 290 g/mol. The van der Waals surface area contributed by atoms with Gasteiger partial charge in [0.2, 0.25) is 0 Å². The zero-order valence-electron chi connectivity index (χ0n) is 11.2. The Balaban J connectivity index is 2.85. The molecule has 0 aliphatic carbocycles. The third-order valence-electron chi connectivity index (χ3n) is 2.58. The number of rotatable bonds is 7. The molecule has 18 heavy (non-hydrogen) atoms. The summed E-state index contributed by atoms with van der Waals surface area (Å²) < 4.78 is 27.5. The molecule has 0 atom stereocenters. The van der Waals surface area contributed by atoms with Gasteiger partial charge in [0.25, 0.3) is 10.0 Å². The molecule has 0 bridgehead atoms. The van der Waals surface area contributed by atoms with Crippen LogP contribution in [0, 0.1) is 0 Å². The molecule has 0 spiro atoms. The summed E-state index contributed by atoms with van der Waals surface area (Å²) in [7, 11) is -3.41. The second kappa shape index (κ2) is 6.14. The summed E-state index contributed by atoms with van der Waals surface area (Å²) in [5.41, 5.74) is 5.05. The highest BCUT2D eigenvalue weighted by molar-refractivity contribution is 7.91. The first-order chi connectivity index (χ1) is 8.30. The molecule has 0 unspecified atom stereocenters. The van der Waals surface area contributed by atoms with Crippen LogP contribution in [-0.2, 0) is 16.4 Å². The minimum atomic E-state index is -3.41. The smallest absolute Gasteiger partial charge is 0.250 e. The fourth-order valence-corrected chi connectivity index (χ4v) is 4.68. The van der Waals surface area contributed by atoms with Crippen LogP contribution in [0.2, 0.25) is 0 Å². The van der Waals surface area contributed by atoms with Crippen LogP contribution >= 0.6 is 11.3 Å². The molecule has 0 saturated carbocycles. The zero-order valence-corrected chi connectivity index (χ0v) is 12.8. The Bertz CT molecular complexity index is 478. The first-order valence-corrected chi connectivity index (χ1v) is 8.43. The summed E-state index contributed by atoms with van der Waals surface area (Å²) >= 11 is 1.29. The van der Waals surface area contributed by atoms with Crippen molar-refractivity contribution in [1.29, 1.82) is 0 Å². The first kappa shape index (κ1) is 15.6. The summed E-state index contributed by atoms with van der Waals surface area (Å²) in [6.45, 7) is 6.39. The van der Waals surface area contributed by atoms with E-state index in [0.29, 0.717) is 10.8 Å². The largest absolute Gasteiger partial charge is 0.330 e. The molecule has 1 aromatic heterocycles. The molecule has 3 N–H and O–H groups in total. The Morgan fingerprint density at radius 2 is 2.06 bits per heavy atom. The van der Waals surface area contributed by atoms with Crippen LogP contribution in [0.1, 0.15) is 38.5 Å². The Labute approximate surface area is 114 Å². The number of sulfonamides is 1. The molecule has 0 saturated heterocycles. The molecule has 4 nitrogen and oxygen atoms in total. The van der Waals surface area contributed by atoms with Crippen molar-refractivity contribution in [3.63, 3.8) is 0 Å². The maximum Gasteiger partial charge on any atom is 0.250 e. The van der Waals surface area contributed by atoms with E-state index in [1.807, 2.05) is 26.8 Å². The summed E-state index contributed by atoms with van der Waals surface area (Å²) in [5.74, 6) is 0. The van der Waals surface area contributed by atoms with E-state index < -0.39 is 15.6 Å². The maximum absolute atomic E-state index is 12.2. The van der Waals surface area contributed by atoms with E-state index >= 15 is 0 Å². The molecular weight excluding hydrogens is 268 g/mol. The quantitative estimate of drug-likeness (QED) is 0.808. The van der Waals surface area contributed by atoms with Gasteiger partial charge in [-0.3, -0.25) is 0 Å². The predicted molar refractivity (Wildman–Crippen MR) is 76.4 cm³/mol. The maximum atomic E-state index is 12.2. The van der Waals surface area contributed by atoms with Crippen molar-refractivity contribution in [3.05, 3.63) is 17.0 Å². The van der Waals surface area contributed by atoms with Gasteiger partial charge in [0.15, 0.2) is 0 Å². The standard InChI is InChI=1S/C12H22N2O2S2/c1-4-8-12(2,3)14-18(15,16)11-6-5-10(17-11)7-9-13/h5-6,14H,4,7-9,13H2,1-3H3. The fraction of sp³-hybridized carbons (Fsp3) is 0.667. The van der Waals surface area contributed by atoms with E-state index in [-0.39, 0.29) is 0 Å². The Morgan fingerprint density at radius 1 is 1.39 bits per heavy atom. The molecule has 0 aromatic carbocycles. The van der Waals surface area contributed by atoms with Gasteiger partial charge in [0, 0.05) is 10.4 Å². The molecule has 104 valence electrons. The van der Waals surface area contributed by atoms with E-state index in [1.165, 1.54) is 11.3 Å². The molecule has 1 heterocycles. The van der Waals surface area contributed by atoms with Gasteiger partial charge in [-0.15, -0.1) is 11.3 Å². The normalized spacial score (nSPS) is 12.9. The van der Waals surface area contributed by atoms with Crippen LogP contribution in [0.15, 0.2) is 16.3 Å². The van der Waals surface area contributed by atoms with Gasteiger partial charge in [-0.05, 0) is 45.4 Å². The summed E-state index contributed by atoms with van der Waals surface area (Å²) in [5, 5.41) is 0. The highest BCUT2D eigenvalue weighted by Crippen LogP contribution is 2.24. The van der Waals surface area contributed by atoms with E-state index in [2.05, 4.69) is 4.72 Å². The Hall–Kier alpha value is -0.430. The van der Waals surface area contributed by atoms with Crippen molar-refractivity contribution in [1.82, 2.24) is 4.72 Å². The lowest BCUT2D eigenvalue weighted by molar-refractivity contribution is 0.418. The molecule has 0 fully saturated rings. The lowest BCUT2D eigenvalue weighted by atomic mass is 10.0. The topological polar surface area (TPSA) is 72.2 Å². The number of hydrogen-bond acceptors (Lipinski definition) is 4. The molecule has 0 aliphatic heterocycles. The minimum absolute atomic E-state index is 0.370. The van der Waals surface area contributed by atoms with Crippen LogP contribution < -0.4 is 10.5 Å². The van der Waals surface area contributed by atoms with Crippen LogP contribution in [-0.4, -0.2) is 20.5 Å². The van der Waals surface area contributed by atoms with Crippen molar-refractivity contribution in [3.8, 4) is 0 Å². The van der Waals surface area contributed by atoms with Crippen molar-refractivity contribution in [2.75, 3.05) is 6.54 Å². The molecule has 0 aliphatic rings. The van der Waals surface area contributed by atoms with Crippen LogP contribution in [0.25, 0.3) is 0 Å². The third-order valence-corrected chi connectivity index (χ3v) is 5.91. The highest BCUT2D eigenvalue weighted by Gasteiger charge is 2.26. The zero-order chi connectivity index (χ0) is 13.8.